The SMILES string of the molecule is Nc1c(F)cc(F)cc1C1CCCCC1. The first-order chi connectivity index (χ1) is 7.18. The number of hydrogen-bond acceptors (Lipinski definition) is 1. The monoisotopic (exact) mass is 211 g/mol. The van der Waals surface area contributed by atoms with Gasteiger partial charge in [0.05, 0.1) is 5.69 Å². The first-order valence-corrected chi connectivity index (χ1v) is 5.43. The molecule has 1 saturated carbocycles. The third-order valence-corrected chi connectivity index (χ3v) is 3.17. The first-order valence-electron chi connectivity index (χ1n) is 5.43. The molecule has 0 radical (unpaired) electrons. The molecule has 0 amide bonds. The van der Waals surface area contributed by atoms with Gasteiger partial charge in [-0.25, -0.2) is 8.78 Å². The number of rotatable bonds is 1. The Labute approximate surface area is 88.3 Å². The molecule has 1 aromatic carbocycles. The van der Waals surface area contributed by atoms with E-state index in [1.54, 1.807) is 0 Å². The van der Waals surface area contributed by atoms with Gasteiger partial charge in [-0.15, -0.1) is 0 Å². The Morgan fingerprint density at radius 2 is 1.73 bits per heavy atom. The molecule has 0 saturated heterocycles. The van der Waals surface area contributed by atoms with Crippen LogP contribution in [0.25, 0.3) is 0 Å². The zero-order chi connectivity index (χ0) is 10.8. The summed E-state index contributed by atoms with van der Waals surface area (Å²) in [5, 5.41) is 0. The minimum Gasteiger partial charge on any atom is -0.396 e. The molecular formula is C12H15F2N. The maximum atomic E-state index is 13.2. The summed E-state index contributed by atoms with van der Waals surface area (Å²) >= 11 is 0. The predicted octanol–water partition coefficient (Wildman–Crippen LogP) is 3.59. The summed E-state index contributed by atoms with van der Waals surface area (Å²) in [4.78, 5) is 0. The van der Waals surface area contributed by atoms with E-state index in [0.29, 0.717) is 5.56 Å². The van der Waals surface area contributed by atoms with E-state index < -0.39 is 11.6 Å². The van der Waals surface area contributed by atoms with Crippen LogP contribution < -0.4 is 5.73 Å². The van der Waals surface area contributed by atoms with Crippen LogP contribution in [0.4, 0.5) is 14.5 Å². The number of benzene rings is 1. The maximum absolute atomic E-state index is 13.2. The number of halogens is 2. The van der Waals surface area contributed by atoms with Crippen LogP contribution in [0.5, 0.6) is 0 Å². The van der Waals surface area contributed by atoms with Crippen molar-refractivity contribution >= 4 is 5.69 Å². The summed E-state index contributed by atoms with van der Waals surface area (Å²) in [6.45, 7) is 0. The summed E-state index contributed by atoms with van der Waals surface area (Å²) in [7, 11) is 0. The Morgan fingerprint density at radius 3 is 2.40 bits per heavy atom. The molecule has 1 nitrogen and oxygen atoms in total. The largest absolute Gasteiger partial charge is 0.396 e. The highest BCUT2D eigenvalue weighted by Gasteiger charge is 2.20. The average molecular weight is 211 g/mol. The Kier molecular flexibility index (Phi) is 2.89. The van der Waals surface area contributed by atoms with Crippen molar-refractivity contribution in [1.82, 2.24) is 0 Å². The molecule has 82 valence electrons. The van der Waals surface area contributed by atoms with Gasteiger partial charge in [0.15, 0.2) is 0 Å². The van der Waals surface area contributed by atoms with Crippen LogP contribution in [0.3, 0.4) is 0 Å². The number of nitrogen functional groups attached to an aromatic ring is 1. The second-order valence-electron chi connectivity index (χ2n) is 4.23. The van der Waals surface area contributed by atoms with Crippen LogP contribution >= 0.6 is 0 Å². The molecule has 1 aromatic rings. The van der Waals surface area contributed by atoms with E-state index >= 15 is 0 Å². The zero-order valence-corrected chi connectivity index (χ0v) is 8.60. The van der Waals surface area contributed by atoms with Crippen LogP contribution in [0.2, 0.25) is 0 Å². The molecule has 3 heteroatoms. The van der Waals surface area contributed by atoms with Gasteiger partial charge in [-0.3, -0.25) is 0 Å². The molecule has 1 aliphatic rings. The highest BCUT2D eigenvalue weighted by atomic mass is 19.1. The van der Waals surface area contributed by atoms with E-state index in [1.807, 2.05) is 0 Å². The third-order valence-electron chi connectivity index (χ3n) is 3.17. The zero-order valence-electron chi connectivity index (χ0n) is 8.60. The molecule has 0 aromatic heterocycles. The van der Waals surface area contributed by atoms with Gasteiger partial charge in [-0.1, -0.05) is 19.3 Å². The molecule has 2 rings (SSSR count). The quantitative estimate of drug-likeness (QED) is 0.706. The highest BCUT2D eigenvalue weighted by molar-refractivity contribution is 5.50. The fourth-order valence-electron chi connectivity index (χ4n) is 2.36. The first kappa shape index (κ1) is 10.4. The lowest BCUT2D eigenvalue weighted by molar-refractivity contribution is 0.441. The van der Waals surface area contributed by atoms with Crippen molar-refractivity contribution in [3.8, 4) is 0 Å². The van der Waals surface area contributed by atoms with Crippen LogP contribution in [0, 0.1) is 11.6 Å². The van der Waals surface area contributed by atoms with Gasteiger partial charge >= 0.3 is 0 Å². The molecule has 0 spiro atoms. The van der Waals surface area contributed by atoms with Gasteiger partial charge in [0.2, 0.25) is 0 Å². The predicted molar refractivity (Wildman–Crippen MR) is 56.6 cm³/mol. The molecule has 0 atom stereocenters. The molecule has 0 unspecified atom stereocenters. The van der Waals surface area contributed by atoms with E-state index in [9.17, 15) is 8.78 Å². The van der Waals surface area contributed by atoms with Gasteiger partial charge in [-0.05, 0) is 30.4 Å². The van der Waals surface area contributed by atoms with Crippen molar-refractivity contribution in [2.24, 2.45) is 0 Å². The van der Waals surface area contributed by atoms with Gasteiger partial charge < -0.3 is 5.73 Å². The van der Waals surface area contributed by atoms with E-state index in [0.717, 1.165) is 31.7 Å². The topological polar surface area (TPSA) is 26.0 Å². The van der Waals surface area contributed by atoms with E-state index in [4.69, 9.17) is 5.73 Å². The minimum absolute atomic E-state index is 0.128. The molecule has 15 heavy (non-hydrogen) atoms. The Hall–Kier alpha value is -1.12. The van der Waals surface area contributed by atoms with E-state index in [1.165, 1.54) is 12.5 Å². The van der Waals surface area contributed by atoms with Crippen molar-refractivity contribution in [2.75, 3.05) is 5.73 Å². The van der Waals surface area contributed by atoms with Crippen molar-refractivity contribution in [3.05, 3.63) is 29.3 Å². The molecule has 0 aliphatic heterocycles. The van der Waals surface area contributed by atoms with E-state index in [2.05, 4.69) is 0 Å². The van der Waals surface area contributed by atoms with Gasteiger partial charge in [-0.2, -0.15) is 0 Å². The van der Waals surface area contributed by atoms with Crippen molar-refractivity contribution in [2.45, 2.75) is 38.0 Å². The fourth-order valence-corrected chi connectivity index (χ4v) is 2.36. The lowest BCUT2D eigenvalue weighted by Gasteiger charge is -2.23. The van der Waals surface area contributed by atoms with Gasteiger partial charge in [0.1, 0.15) is 11.6 Å². The average Bonchev–Trinajstić information content (AvgIpc) is 2.24. The Bertz CT molecular complexity index is 357. The Morgan fingerprint density at radius 1 is 1.07 bits per heavy atom. The number of nitrogens with two attached hydrogens (primary N) is 1. The normalized spacial score (nSPS) is 18.0. The second-order valence-corrected chi connectivity index (χ2v) is 4.23. The van der Waals surface area contributed by atoms with Gasteiger partial charge in [0, 0.05) is 6.07 Å². The van der Waals surface area contributed by atoms with Crippen molar-refractivity contribution in [3.63, 3.8) is 0 Å². The third kappa shape index (κ3) is 2.11. The lowest BCUT2D eigenvalue weighted by atomic mass is 9.83. The molecule has 2 N–H and O–H groups in total. The van der Waals surface area contributed by atoms with E-state index in [-0.39, 0.29) is 11.6 Å². The highest BCUT2D eigenvalue weighted by Crippen LogP contribution is 2.36. The summed E-state index contributed by atoms with van der Waals surface area (Å²) in [5.41, 5.74) is 6.43. The summed E-state index contributed by atoms with van der Waals surface area (Å²) in [5.74, 6) is -0.915. The lowest BCUT2D eigenvalue weighted by Crippen LogP contribution is -2.09. The standard InChI is InChI=1S/C12H15F2N/c13-9-6-10(12(15)11(14)7-9)8-4-2-1-3-5-8/h6-8H,1-5,15H2. The summed E-state index contributed by atoms with van der Waals surface area (Å²) in [6, 6.07) is 2.23. The van der Waals surface area contributed by atoms with Crippen LogP contribution in [0.15, 0.2) is 12.1 Å². The number of hydrogen-bond donors (Lipinski definition) is 1. The van der Waals surface area contributed by atoms with Crippen LogP contribution in [-0.2, 0) is 0 Å². The summed E-state index contributed by atoms with van der Waals surface area (Å²) < 4.78 is 26.3. The van der Waals surface area contributed by atoms with Crippen LogP contribution in [-0.4, -0.2) is 0 Å². The molecule has 0 heterocycles. The fraction of sp³-hybridized carbons (Fsp3) is 0.500. The van der Waals surface area contributed by atoms with Crippen molar-refractivity contribution < 1.29 is 8.78 Å². The van der Waals surface area contributed by atoms with Gasteiger partial charge in [0.25, 0.3) is 0 Å². The van der Waals surface area contributed by atoms with Crippen LogP contribution in [0.1, 0.15) is 43.6 Å². The Balaban J connectivity index is 2.33. The molecule has 1 fully saturated rings. The summed E-state index contributed by atoms with van der Waals surface area (Å²) in [6.07, 6.45) is 5.46. The minimum atomic E-state index is -0.629. The number of anilines is 1. The molecule has 1 aliphatic carbocycles. The molecule has 0 bridgehead atoms. The molecular weight excluding hydrogens is 196 g/mol. The second kappa shape index (κ2) is 4.17. The van der Waals surface area contributed by atoms with Crippen molar-refractivity contribution in [1.29, 1.82) is 0 Å². The smallest absolute Gasteiger partial charge is 0.149 e. The maximum Gasteiger partial charge on any atom is 0.149 e.